The Morgan fingerprint density at radius 2 is 2.17 bits per heavy atom. The van der Waals surface area contributed by atoms with Gasteiger partial charge in [-0.05, 0) is 25.3 Å². The summed E-state index contributed by atoms with van der Waals surface area (Å²) in [5.41, 5.74) is 3.03. The molecule has 0 aliphatic rings. The average molecular weight is 332 g/mol. The number of benzene rings is 1. The van der Waals surface area contributed by atoms with Gasteiger partial charge in [-0.2, -0.15) is 0 Å². The molecule has 0 fully saturated rings. The number of thiazole rings is 1. The molecule has 0 spiro atoms. The van der Waals surface area contributed by atoms with Gasteiger partial charge in [-0.15, -0.1) is 11.3 Å². The highest BCUT2D eigenvalue weighted by atomic mass is 32.1. The van der Waals surface area contributed by atoms with Crippen LogP contribution in [0.3, 0.4) is 0 Å². The molecule has 4 nitrogen and oxygen atoms in total. The third-order valence-corrected chi connectivity index (χ3v) is 4.38. The number of carbonyl (C=O) groups is 1. The average Bonchev–Trinajstić information content (AvgIpc) is 2.93. The summed E-state index contributed by atoms with van der Waals surface area (Å²) < 4.78 is 0. The van der Waals surface area contributed by atoms with E-state index in [4.69, 9.17) is 0 Å². The molecule has 23 heavy (non-hydrogen) atoms. The molecule has 1 heterocycles. The quantitative estimate of drug-likeness (QED) is 0.818. The van der Waals surface area contributed by atoms with Crippen molar-refractivity contribution in [3.05, 3.63) is 40.9 Å². The maximum atomic E-state index is 11.9. The summed E-state index contributed by atoms with van der Waals surface area (Å²) in [6.07, 6.45) is 0.447. The number of amides is 1. The lowest BCUT2D eigenvalue weighted by Crippen LogP contribution is -2.33. The van der Waals surface area contributed by atoms with Crippen LogP contribution < -0.4 is 5.32 Å². The Kier molecular flexibility index (Phi) is 6.30. The SMILES string of the molecule is Cc1cccc(-c2nc(CC(=O)NCC(O)CC(C)C)cs2)c1. The van der Waals surface area contributed by atoms with Crippen molar-refractivity contribution in [2.75, 3.05) is 6.54 Å². The largest absolute Gasteiger partial charge is 0.391 e. The Morgan fingerprint density at radius 3 is 2.87 bits per heavy atom. The number of carbonyl (C=O) groups excluding carboxylic acids is 1. The molecule has 124 valence electrons. The van der Waals surface area contributed by atoms with Gasteiger partial charge >= 0.3 is 0 Å². The zero-order valence-electron chi connectivity index (χ0n) is 13.9. The first-order valence-electron chi connectivity index (χ1n) is 7.90. The number of hydrogen-bond donors (Lipinski definition) is 2. The van der Waals surface area contributed by atoms with Crippen molar-refractivity contribution < 1.29 is 9.90 Å². The number of hydrogen-bond acceptors (Lipinski definition) is 4. The minimum absolute atomic E-state index is 0.103. The second kappa shape index (κ2) is 8.22. The van der Waals surface area contributed by atoms with E-state index in [1.165, 1.54) is 5.56 Å². The molecule has 0 saturated carbocycles. The van der Waals surface area contributed by atoms with Crippen molar-refractivity contribution >= 4 is 17.2 Å². The van der Waals surface area contributed by atoms with Crippen LogP contribution in [0.2, 0.25) is 0 Å². The minimum Gasteiger partial charge on any atom is -0.391 e. The first-order valence-corrected chi connectivity index (χ1v) is 8.78. The zero-order chi connectivity index (χ0) is 16.8. The molecule has 2 aromatic rings. The first kappa shape index (κ1) is 17.6. The molecule has 1 aromatic heterocycles. The van der Waals surface area contributed by atoms with Crippen LogP contribution >= 0.6 is 11.3 Å². The summed E-state index contributed by atoms with van der Waals surface area (Å²) in [6, 6.07) is 8.17. The molecule has 2 rings (SSSR count). The lowest BCUT2D eigenvalue weighted by atomic mass is 10.1. The van der Waals surface area contributed by atoms with Crippen molar-refractivity contribution in [2.24, 2.45) is 5.92 Å². The van der Waals surface area contributed by atoms with Crippen molar-refractivity contribution in [1.82, 2.24) is 10.3 Å². The van der Waals surface area contributed by atoms with E-state index in [0.717, 1.165) is 16.3 Å². The number of aromatic nitrogens is 1. The predicted molar refractivity (Wildman–Crippen MR) is 94.5 cm³/mol. The molecule has 5 heteroatoms. The fourth-order valence-electron chi connectivity index (χ4n) is 2.38. The first-order chi connectivity index (χ1) is 10.9. The minimum atomic E-state index is -0.489. The van der Waals surface area contributed by atoms with Gasteiger partial charge in [0.1, 0.15) is 5.01 Å². The van der Waals surface area contributed by atoms with Gasteiger partial charge in [-0.3, -0.25) is 4.79 Å². The standard InChI is InChI=1S/C18H24N2O2S/c1-12(2)7-16(21)10-19-17(22)9-15-11-23-18(20-15)14-6-4-5-13(3)8-14/h4-6,8,11-12,16,21H,7,9-10H2,1-3H3,(H,19,22). The van der Waals surface area contributed by atoms with Crippen LogP contribution in [0.15, 0.2) is 29.6 Å². The molecule has 1 unspecified atom stereocenters. The van der Waals surface area contributed by atoms with E-state index >= 15 is 0 Å². The molecule has 0 saturated heterocycles. The molecule has 0 bridgehead atoms. The highest BCUT2D eigenvalue weighted by molar-refractivity contribution is 7.13. The van der Waals surface area contributed by atoms with Crippen molar-refractivity contribution in [3.63, 3.8) is 0 Å². The Bertz CT molecular complexity index is 652. The van der Waals surface area contributed by atoms with E-state index < -0.39 is 6.10 Å². The van der Waals surface area contributed by atoms with Gasteiger partial charge in [-0.25, -0.2) is 4.98 Å². The number of nitrogens with zero attached hydrogens (tertiary/aromatic N) is 1. The van der Waals surface area contributed by atoms with Crippen LogP contribution in [-0.2, 0) is 11.2 Å². The second-order valence-corrected chi connectivity index (χ2v) is 7.14. The van der Waals surface area contributed by atoms with Crippen LogP contribution in [0.4, 0.5) is 0 Å². The summed E-state index contributed by atoms with van der Waals surface area (Å²) in [4.78, 5) is 16.5. The van der Waals surface area contributed by atoms with Crippen molar-refractivity contribution in [1.29, 1.82) is 0 Å². The third kappa shape index (κ3) is 5.77. The molecular formula is C18H24N2O2S. The van der Waals surface area contributed by atoms with Crippen LogP contribution in [0, 0.1) is 12.8 Å². The molecule has 0 aliphatic carbocycles. The summed E-state index contributed by atoms with van der Waals surface area (Å²) in [7, 11) is 0. The molecule has 1 atom stereocenters. The summed E-state index contributed by atoms with van der Waals surface area (Å²) >= 11 is 1.55. The Morgan fingerprint density at radius 1 is 1.39 bits per heavy atom. The fraction of sp³-hybridized carbons (Fsp3) is 0.444. The van der Waals surface area contributed by atoms with Gasteiger partial charge in [0.15, 0.2) is 0 Å². The van der Waals surface area contributed by atoms with Crippen molar-refractivity contribution in [3.8, 4) is 10.6 Å². The molecule has 2 N–H and O–H groups in total. The highest BCUT2D eigenvalue weighted by Gasteiger charge is 2.12. The topological polar surface area (TPSA) is 62.2 Å². The summed E-state index contributed by atoms with van der Waals surface area (Å²) in [5.74, 6) is 0.311. The normalized spacial score (nSPS) is 12.4. The van der Waals surface area contributed by atoms with Crippen LogP contribution in [0.5, 0.6) is 0 Å². The van der Waals surface area contributed by atoms with E-state index in [2.05, 4.69) is 16.4 Å². The highest BCUT2D eigenvalue weighted by Crippen LogP contribution is 2.24. The van der Waals surface area contributed by atoms with Gasteiger partial charge in [-0.1, -0.05) is 37.6 Å². The van der Waals surface area contributed by atoms with E-state index in [0.29, 0.717) is 18.9 Å². The van der Waals surface area contributed by atoms with Crippen LogP contribution in [0.1, 0.15) is 31.5 Å². The van der Waals surface area contributed by atoms with E-state index in [1.54, 1.807) is 11.3 Å². The van der Waals surface area contributed by atoms with E-state index in [9.17, 15) is 9.90 Å². The van der Waals surface area contributed by atoms with Gasteiger partial charge in [0, 0.05) is 17.5 Å². The Hall–Kier alpha value is -1.72. The van der Waals surface area contributed by atoms with Gasteiger partial charge in [0.2, 0.25) is 5.91 Å². The molecule has 1 aromatic carbocycles. The van der Waals surface area contributed by atoms with E-state index in [-0.39, 0.29) is 12.3 Å². The smallest absolute Gasteiger partial charge is 0.226 e. The Balaban J connectivity index is 1.88. The summed E-state index contributed by atoms with van der Waals surface area (Å²) in [5, 5.41) is 15.4. The number of aliphatic hydroxyl groups excluding tert-OH is 1. The monoisotopic (exact) mass is 332 g/mol. The maximum absolute atomic E-state index is 11.9. The number of nitrogens with one attached hydrogen (secondary N) is 1. The molecular weight excluding hydrogens is 308 g/mol. The lowest BCUT2D eigenvalue weighted by Gasteiger charge is -2.13. The number of aryl methyl sites for hydroxylation is 1. The van der Waals surface area contributed by atoms with Crippen LogP contribution in [-0.4, -0.2) is 28.6 Å². The lowest BCUT2D eigenvalue weighted by molar-refractivity contribution is -0.121. The molecule has 0 radical (unpaired) electrons. The number of rotatable bonds is 7. The van der Waals surface area contributed by atoms with E-state index in [1.807, 2.05) is 44.4 Å². The fourth-order valence-corrected chi connectivity index (χ4v) is 3.20. The van der Waals surface area contributed by atoms with Crippen LogP contribution in [0.25, 0.3) is 10.6 Å². The molecule has 0 aliphatic heterocycles. The molecule has 1 amide bonds. The maximum Gasteiger partial charge on any atom is 0.226 e. The summed E-state index contributed by atoms with van der Waals surface area (Å²) in [6.45, 7) is 6.44. The predicted octanol–water partition coefficient (Wildman–Crippen LogP) is 3.18. The van der Waals surface area contributed by atoms with Crippen molar-refractivity contribution in [2.45, 2.75) is 39.7 Å². The van der Waals surface area contributed by atoms with Gasteiger partial charge < -0.3 is 10.4 Å². The number of aliphatic hydroxyl groups is 1. The third-order valence-electron chi connectivity index (χ3n) is 3.44. The van der Waals surface area contributed by atoms with Gasteiger partial charge in [0.05, 0.1) is 18.2 Å². The van der Waals surface area contributed by atoms with Gasteiger partial charge in [0.25, 0.3) is 0 Å². The Labute approximate surface area is 141 Å². The zero-order valence-corrected chi connectivity index (χ0v) is 14.7. The second-order valence-electron chi connectivity index (χ2n) is 6.28.